The number of thioether (sulfide) groups is 1. The first kappa shape index (κ1) is 9.55. The lowest BCUT2D eigenvalue weighted by atomic mass is 10.1. The normalized spacial score (nSPS) is 18.8. The molecule has 0 bridgehead atoms. The van der Waals surface area contributed by atoms with Gasteiger partial charge < -0.3 is 11.1 Å². The second-order valence-electron chi connectivity index (χ2n) is 3.02. The molecule has 2 rings (SSSR count). The van der Waals surface area contributed by atoms with Crippen LogP contribution in [0.5, 0.6) is 0 Å². The molecule has 0 spiro atoms. The second kappa shape index (κ2) is 4.48. The van der Waals surface area contributed by atoms with Gasteiger partial charge in [0.05, 0.1) is 6.34 Å². The minimum absolute atomic E-state index is 0.205. The van der Waals surface area contributed by atoms with E-state index in [1.54, 1.807) is 18.1 Å². The molecule has 1 heterocycles. The lowest BCUT2D eigenvalue weighted by molar-refractivity contribution is 1.02. The Labute approximate surface area is 87.8 Å². The van der Waals surface area contributed by atoms with Crippen LogP contribution in [0.4, 0.5) is 5.69 Å². The van der Waals surface area contributed by atoms with E-state index in [-0.39, 0.29) is 5.37 Å². The zero-order valence-electron chi connectivity index (χ0n) is 7.81. The average Bonchev–Trinajstić information content (AvgIpc) is 2.26. The van der Waals surface area contributed by atoms with Crippen LogP contribution in [-0.4, -0.2) is 18.6 Å². The second-order valence-corrected chi connectivity index (χ2v) is 4.21. The number of hydrogen-bond acceptors (Lipinski definition) is 4. The Bertz CT molecular complexity index is 338. The summed E-state index contributed by atoms with van der Waals surface area (Å²) in [6.07, 6.45) is 1.76. The van der Waals surface area contributed by atoms with Gasteiger partial charge in [-0.05, 0) is 6.07 Å². The zero-order chi connectivity index (χ0) is 9.80. The molecule has 74 valence electrons. The summed E-state index contributed by atoms with van der Waals surface area (Å²) < 4.78 is 0. The van der Waals surface area contributed by atoms with E-state index in [1.165, 1.54) is 5.56 Å². The molecule has 1 aromatic rings. The van der Waals surface area contributed by atoms with Crippen LogP contribution in [0.15, 0.2) is 29.3 Å². The zero-order valence-corrected chi connectivity index (χ0v) is 8.63. The third-order valence-electron chi connectivity index (χ3n) is 2.05. The molecule has 0 radical (unpaired) electrons. The predicted molar refractivity (Wildman–Crippen MR) is 62.8 cm³/mol. The van der Waals surface area contributed by atoms with E-state index >= 15 is 0 Å². The monoisotopic (exact) mass is 207 g/mol. The molecule has 0 amide bonds. The van der Waals surface area contributed by atoms with Crippen LogP contribution in [0.2, 0.25) is 0 Å². The fourth-order valence-corrected chi connectivity index (χ4v) is 2.30. The van der Waals surface area contributed by atoms with Crippen molar-refractivity contribution in [3.8, 4) is 0 Å². The van der Waals surface area contributed by atoms with E-state index in [0.717, 1.165) is 11.4 Å². The van der Waals surface area contributed by atoms with E-state index in [1.807, 2.05) is 12.1 Å². The SMILES string of the molecule is NCCSC1N=CNc2ccccc21. The highest BCUT2D eigenvalue weighted by Gasteiger charge is 2.15. The van der Waals surface area contributed by atoms with E-state index in [9.17, 15) is 0 Å². The van der Waals surface area contributed by atoms with E-state index < -0.39 is 0 Å². The number of hydrogen-bond donors (Lipinski definition) is 2. The maximum Gasteiger partial charge on any atom is 0.124 e. The molecular weight excluding hydrogens is 194 g/mol. The van der Waals surface area contributed by atoms with Crippen LogP contribution in [0.1, 0.15) is 10.9 Å². The first-order valence-electron chi connectivity index (χ1n) is 4.60. The van der Waals surface area contributed by atoms with Crippen molar-refractivity contribution in [2.45, 2.75) is 5.37 Å². The van der Waals surface area contributed by atoms with Gasteiger partial charge in [0.2, 0.25) is 0 Å². The van der Waals surface area contributed by atoms with Crippen LogP contribution in [0.3, 0.4) is 0 Å². The number of anilines is 1. The van der Waals surface area contributed by atoms with Gasteiger partial charge in [0, 0.05) is 23.5 Å². The molecule has 14 heavy (non-hydrogen) atoms. The Balaban J connectivity index is 2.18. The van der Waals surface area contributed by atoms with E-state index in [0.29, 0.717) is 6.54 Å². The quantitative estimate of drug-likeness (QED) is 0.795. The van der Waals surface area contributed by atoms with Crippen molar-refractivity contribution in [3.05, 3.63) is 29.8 Å². The largest absolute Gasteiger partial charge is 0.346 e. The Morgan fingerprint density at radius 3 is 3.14 bits per heavy atom. The van der Waals surface area contributed by atoms with Gasteiger partial charge in [0.15, 0.2) is 0 Å². The number of aliphatic imine (C=N–C) groups is 1. The minimum Gasteiger partial charge on any atom is -0.346 e. The fraction of sp³-hybridized carbons (Fsp3) is 0.300. The summed E-state index contributed by atoms with van der Waals surface area (Å²) in [5.41, 5.74) is 7.87. The van der Waals surface area contributed by atoms with Gasteiger partial charge in [0.25, 0.3) is 0 Å². The maximum absolute atomic E-state index is 5.48. The van der Waals surface area contributed by atoms with Gasteiger partial charge in [-0.2, -0.15) is 0 Å². The molecule has 1 aliphatic rings. The van der Waals surface area contributed by atoms with E-state index in [2.05, 4.69) is 22.4 Å². The van der Waals surface area contributed by atoms with Crippen molar-refractivity contribution in [1.82, 2.24) is 0 Å². The number of fused-ring (bicyclic) bond motifs is 1. The number of nitrogens with zero attached hydrogens (tertiary/aromatic N) is 1. The highest BCUT2D eigenvalue weighted by Crippen LogP contribution is 2.36. The Hall–Kier alpha value is -1.00. The van der Waals surface area contributed by atoms with E-state index in [4.69, 9.17) is 5.73 Å². The first-order chi connectivity index (χ1) is 6.92. The van der Waals surface area contributed by atoms with Crippen molar-refractivity contribution < 1.29 is 0 Å². The van der Waals surface area contributed by atoms with Crippen LogP contribution >= 0.6 is 11.8 Å². The molecule has 1 unspecified atom stereocenters. The standard InChI is InChI=1S/C10H13N3S/c11-5-6-14-10-8-3-1-2-4-9(8)12-7-13-10/h1-4,7,10H,5-6,11H2,(H,12,13). The molecule has 0 saturated heterocycles. The molecule has 3 nitrogen and oxygen atoms in total. The number of nitrogens with one attached hydrogen (secondary N) is 1. The number of benzene rings is 1. The summed E-state index contributed by atoms with van der Waals surface area (Å²) in [5.74, 6) is 0.941. The van der Waals surface area contributed by atoms with Gasteiger partial charge in [-0.15, -0.1) is 11.8 Å². The number of nitrogens with two attached hydrogens (primary N) is 1. The van der Waals surface area contributed by atoms with Crippen molar-refractivity contribution >= 4 is 23.8 Å². The number of para-hydroxylation sites is 1. The smallest absolute Gasteiger partial charge is 0.124 e. The van der Waals surface area contributed by atoms with Crippen LogP contribution < -0.4 is 11.1 Å². The summed E-state index contributed by atoms with van der Waals surface area (Å²) in [4.78, 5) is 4.38. The lowest BCUT2D eigenvalue weighted by Gasteiger charge is -2.20. The van der Waals surface area contributed by atoms with Crippen molar-refractivity contribution in [2.24, 2.45) is 10.7 Å². The highest BCUT2D eigenvalue weighted by molar-refractivity contribution is 7.99. The molecule has 1 aromatic carbocycles. The molecule has 1 atom stereocenters. The van der Waals surface area contributed by atoms with Crippen molar-refractivity contribution in [2.75, 3.05) is 17.6 Å². The van der Waals surface area contributed by atoms with Crippen LogP contribution in [0, 0.1) is 0 Å². The van der Waals surface area contributed by atoms with Crippen LogP contribution in [0.25, 0.3) is 0 Å². The molecule has 4 heteroatoms. The average molecular weight is 207 g/mol. The molecule has 1 aliphatic heterocycles. The molecule has 0 aromatic heterocycles. The predicted octanol–water partition coefficient (Wildman–Crippen LogP) is 1.83. The lowest BCUT2D eigenvalue weighted by Crippen LogP contribution is -2.10. The summed E-state index contributed by atoms with van der Waals surface area (Å²) in [6.45, 7) is 0.701. The first-order valence-corrected chi connectivity index (χ1v) is 5.65. The summed E-state index contributed by atoms with van der Waals surface area (Å²) >= 11 is 1.78. The minimum atomic E-state index is 0.205. The van der Waals surface area contributed by atoms with Crippen LogP contribution in [-0.2, 0) is 0 Å². The molecule has 0 saturated carbocycles. The fourth-order valence-electron chi connectivity index (χ4n) is 1.41. The summed E-state index contributed by atoms with van der Waals surface area (Å²) in [6, 6.07) is 8.23. The topological polar surface area (TPSA) is 50.4 Å². The Morgan fingerprint density at radius 1 is 1.43 bits per heavy atom. The Kier molecular flexibility index (Phi) is 3.06. The van der Waals surface area contributed by atoms with Crippen molar-refractivity contribution in [3.63, 3.8) is 0 Å². The molecule has 0 fully saturated rings. The molecule has 0 aliphatic carbocycles. The van der Waals surface area contributed by atoms with Gasteiger partial charge >= 0.3 is 0 Å². The van der Waals surface area contributed by atoms with Gasteiger partial charge in [-0.1, -0.05) is 18.2 Å². The number of rotatable bonds is 3. The van der Waals surface area contributed by atoms with Crippen molar-refractivity contribution in [1.29, 1.82) is 0 Å². The van der Waals surface area contributed by atoms with Gasteiger partial charge in [-0.25, -0.2) is 0 Å². The molecule has 3 N–H and O–H groups in total. The molecular formula is C10H13N3S. The van der Waals surface area contributed by atoms with Gasteiger partial charge in [0.1, 0.15) is 5.37 Å². The third kappa shape index (κ3) is 1.91. The summed E-state index contributed by atoms with van der Waals surface area (Å²) in [5, 5.41) is 3.34. The maximum atomic E-state index is 5.48. The third-order valence-corrected chi connectivity index (χ3v) is 3.21. The summed E-state index contributed by atoms with van der Waals surface area (Å²) in [7, 11) is 0. The Morgan fingerprint density at radius 2 is 2.29 bits per heavy atom. The highest BCUT2D eigenvalue weighted by atomic mass is 32.2. The van der Waals surface area contributed by atoms with Gasteiger partial charge in [-0.3, -0.25) is 4.99 Å².